The second kappa shape index (κ2) is 6.36. The van der Waals surface area contributed by atoms with Gasteiger partial charge in [-0.3, -0.25) is 9.59 Å². The number of rotatable bonds is 6. The summed E-state index contributed by atoms with van der Waals surface area (Å²) in [4.78, 5) is 26.9. The van der Waals surface area contributed by atoms with Crippen LogP contribution in [0.4, 0.5) is 0 Å². The molecule has 1 saturated heterocycles. The van der Waals surface area contributed by atoms with Gasteiger partial charge in [0.2, 0.25) is 11.8 Å². The predicted octanol–water partition coefficient (Wildman–Crippen LogP) is 2.24. The van der Waals surface area contributed by atoms with E-state index in [4.69, 9.17) is 4.74 Å². The zero-order chi connectivity index (χ0) is 17.4. The lowest BCUT2D eigenvalue weighted by Gasteiger charge is -2.25. The summed E-state index contributed by atoms with van der Waals surface area (Å²) in [5, 5.41) is 3.13. The summed E-state index contributed by atoms with van der Waals surface area (Å²) in [6.45, 7) is 1.39. The molecule has 1 aromatic rings. The average molecular weight is 342 g/mol. The molecule has 3 fully saturated rings. The van der Waals surface area contributed by atoms with Crippen molar-refractivity contribution in [3.63, 3.8) is 0 Å². The lowest BCUT2D eigenvalue weighted by Crippen LogP contribution is -2.48. The first-order valence-corrected chi connectivity index (χ1v) is 9.36. The predicted molar refractivity (Wildman–Crippen MR) is 94.4 cm³/mol. The highest BCUT2D eigenvalue weighted by atomic mass is 16.5. The Bertz CT molecular complexity index is 662. The first-order valence-electron chi connectivity index (χ1n) is 9.36. The minimum Gasteiger partial charge on any atom is -0.497 e. The van der Waals surface area contributed by atoms with Crippen molar-refractivity contribution >= 4 is 11.8 Å². The summed E-state index contributed by atoms with van der Waals surface area (Å²) in [5.41, 5.74) is 1.32. The number of nitrogens with zero attached hydrogens (tertiary/aromatic N) is 1. The minimum absolute atomic E-state index is 0.0197. The van der Waals surface area contributed by atoms with Crippen molar-refractivity contribution in [2.24, 2.45) is 5.92 Å². The van der Waals surface area contributed by atoms with Crippen LogP contribution < -0.4 is 10.1 Å². The van der Waals surface area contributed by atoms with Crippen LogP contribution in [0.15, 0.2) is 24.3 Å². The molecule has 0 spiro atoms. The number of carbonyl (C=O) groups excluding carboxylic acids is 2. The van der Waals surface area contributed by atoms with Crippen LogP contribution in [-0.4, -0.2) is 43.0 Å². The molecular weight excluding hydrogens is 316 g/mol. The van der Waals surface area contributed by atoms with Crippen LogP contribution in [0.3, 0.4) is 0 Å². The third-order valence-electron chi connectivity index (χ3n) is 5.92. The normalized spacial score (nSPS) is 24.0. The Morgan fingerprint density at radius 3 is 2.52 bits per heavy atom. The van der Waals surface area contributed by atoms with Crippen LogP contribution >= 0.6 is 0 Å². The van der Waals surface area contributed by atoms with E-state index in [9.17, 15) is 9.59 Å². The van der Waals surface area contributed by atoms with E-state index in [0.29, 0.717) is 6.54 Å². The second-order valence-corrected chi connectivity index (χ2v) is 7.69. The van der Waals surface area contributed by atoms with E-state index in [1.54, 1.807) is 7.11 Å². The van der Waals surface area contributed by atoms with Gasteiger partial charge in [-0.15, -0.1) is 0 Å². The molecule has 5 nitrogen and oxygen atoms in total. The van der Waals surface area contributed by atoms with Crippen molar-refractivity contribution in [2.75, 3.05) is 20.2 Å². The van der Waals surface area contributed by atoms with Gasteiger partial charge in [-0.25, -0.2) is 0 Å². The van der Waals surface area contributed by atoms with E-state index in [0.717, 1.165) is 50.8 Å². The Labute approximate surface area is 148 Å². The Morgan fingerprint density at radius 1 is 1.20 bits per heavy atom. The van der Waals surface area contributed by atoms with E-state index < -0.39 is 0 Å². The molecule has 1 heterocycles. The standard InChI is InChI=1S/C20H26N2O3/c1-25-16-8-6-15(7-9-16)20(10-11-20)13-21-18(23)17-3-2-12-22(17)19(24)14-4-5-14/h6-9,14,17H,2-5,10-13H2,1H3,(H,21,23)/t17-/m1/s1. The molecule has 0 radical (unpaired) electrons. The molecule has 0 aromatic heterocycles. The third-order valence-corrected chi connectivity index (χ3v) is 5.92. The van der Waals surface area contributed by atoms with Gasteiger partial charge in [0.25, 0.3) is 0 Å². The molecule has 5 heteroatoms. The van der Waals surface area contributed by atoms with Crippen molar-refractivity contribution in [2.45, 2.75) is 50.0 Å². The summed E-state index contributed by atoms with van der Waals surface area (Å²) in [6.07, 6.45) is 5.89. The summed E-state index contributed by atoms with van der Waals surface area (Å²) >= 11 is 0. The number of methoxy groups -OCH3 is 1. The number of likely N-dealkylation sites (tertiary alicyclic amines) is 1. The fraction of sp³-hybridized carbons (Fsp3) is 0.600. The van der Waals surface area contributed by atoms with Crippen LogP contribution in [0.2, 0.25) is 0 Å². The molecule has 0 bridgehead atoms. The first kappa shape index (κ1) is 16.4. The molecule has 25 heavy (non-hydrogen) atoms. The molecule has 134 valence electrons. The van der Waals surface area contributed by atoms with E-state index in [2.05, 4.69) is 17.4 Å². The van der Waals surface area contributed by atoms with Crippen molar-refractivity contribution in [3.8, 4) is 5.75 Å². The van der Waals surface area contributed by atoms with Crippen LogP contribution in [0.5, 0.6) is 5.75 Å². The molecule has 1 N–H and O–H groups in total. The molecule has 1 aliphatic heterocycles. The molecular formula is C20H26N2O3. The molecule has 1 atom stereocenters. The Kier molecular flexibility index (Phi) is 4.18. The van der Waals surface area contributed by atoms with Crippen LogP contribution in [0.1, 0.15) is 44.1 Å². The summed E-state index contributed by atoms with van der Waals surface area (Å²) in [6, 6.07) is 7.88. The first-order chi connectivity index (χ1) is 12.1. The molecule has 3 aliphatic rings. The van der Waals surface area contributed by atoms with Gasteiger partial charge in [0.05, 0.1) is 7.11 Å². The fourth-order valence-corrected chi connectivity index (χ4v) is 3.90. The van der Waals surface area contributed by atoms with Crippen LogP contribution in [-0.2, 0) is 15.0 Å². The quantitative estimate of drug-likeness (QED) is 0.863. The van der Waals surface area contributed by atoms with Gasteiger partial charge < -0.3 is 15.0 Å². The highest BCUT2D eigenvalue weighted by molar-refractivity contribution is 5.90. The van der Waals surface area contributed by atoms with Crippen molar-refractivity contribution < 1.29 is 14.3 Å². The van der Waals surface area contributed by atoms with Gasteiger partial charge >= 0.3 is 0 Å². The molecule has 2 saturated carbocycles. The SMILES string of the molecule is COc1ccc(C2(CNC(=O)[C@H]3CCCN3C(=O)C3CC3)CC2)cc1. The minimum atomic E-state index is -0.264. The monoisotopic (exact) mass is 342 g/mol. The molecule has 0 unspecified atom stereocenters. The maximum atomic E-state index is 12.7. The number of benzene rings is 1. The number of hydrogen-bond donors (Lipinski definition) is 1. The van der Waals surface area contributed by atoms with Gasteiger partial charge in [-0.2, -0.15) is 0 Å². The molecule has 2 amide bonds. The zero-order valence-electron chi connectivity index (χ0n) is 14.8. The number of ether oxygens (including phenoxy) is 1. The van der Waals surface area contributed by atoms with Crippen molar-refractivity contribution in [1.82, 2.24) is 10.2 Å². The topological polar surface area (TPSA) is 58.6 Å². The summed E-state index contributed by atoms with van der Waals surface area (Å²) in [5.74, 6) is 1.24. The van der Waals surface area contributed by atoms with Crippen molar-refractivity contribution in [3.05, 3.63) is 29.8 Å². The number of amides is 2. The third kappa shape index (κ3) is 3.24. The van der Waals surface area contributed by atoms with E-state index in [-0.39, 0.29) is 29.2 Å². The maximum absolute atomic E-state index is 12.7. The lowest BCUT2D eigenvalue weighted by atomic mass is 9.95. The van der Waals surface area contributed by atoms with E-state index >= 15 is 0 Å². The number of carbonyl (C=O) groups is 2. The molecule has 2 aliphatic carbocycles. The van der Waals surface area contributed by atoms with Gasteiger partial charge in [-0.05, 0) is 56.2 Å². The smallest absolute Gasteiger partial charge is 0.242 e. The van der Waals surface area contributed by atoms with E-state index in [1.165, 1.54) is 5.56 Å². The Morgan fingerprint density at radius 2 is 1.92 bits per heavy atom. The van der Waals surface area contributed by atoms with E-state index in [1.807, 2.05) is 17.0 Å². The van der Waals surface area contributed by atoms with Crippen LogP contribution in [0, 0.1) is 5.92 Å². The van der Waals surface area contributed by atoms with Gasteiger partial charge in [-0.1, -0.05) is 12.1 Å². The molecule has 1 aromatic carbocycles. The highest BCUT2D eigenvalue weighted by Crippen LogP contribution is 2.48. The number of nitrogens with one attached hydrogen (secondary N) is 1. The van der Waals surface area contributed by atoms with Crippen molar-refractivity contribution in [1.29, 1.82) is 0 Å². The highest BCUT2D eigenvalue weighted by Gasteiger charge is 2.46. The average Bonchev–Trinajstić information content (AvgIpc) is 3.57. The zero-order valence-corrected chi connectivity index (χ0v) is 14.8. The Hall–Kier alpha value is -2.04. The summed E-state index contributed by atoms with van der Waals surface area (Å²) in [7, 11) is 1.67. The Balaban J connectivity index is 1.37. The fourth-order valence-electron chi connectivity index (χ4n) is 3.90. The van der Waals surface area contributed by atoms with Crippen LogP contribution in [0.25, 0.3) is 0 Å². The van der Waals surface area contributed by atoms with Gasteiger partial charge in [0.1, 0.15) is 11.8 Å². The second-order valence-electron chi connectivity index (χ2n) is 7.69. The molecule has 4 rings (SSSR count). The number of hydrogen-bond acceptors (Lipinski definition) is 3. The summed E-state index contributed by atoms with van der Waals surface area (Å²) < 4.78 is 5.22. The van der Waals surface area contributed by atoms with Gasteiger partial charge in [0, 0.05) is 24.4 Å². The lowest BCUT2D eigenvalue weighted by molar-refractivity contribution is -0.139. The van der Waals surface area contributed by atoms with Gasteiger partial charge in [0.15, 0.2) is 0 Å². The maximum Gasteiger partial charge on any atom is 0.242 e. The largest absolute Gasteiger partial charge is 0.497 e.